The first-order valence-corrected chi connectivity index (χ1v) is 12.0. The molecular formula is C29H25FN4O4. The van der Waals surface area contributed by atoms with Gasteiger partial charge in [0.15, 0.2) is 0 Å². The van der Waals surface area contributed by atoms with E-state index in [1.165, 1.54) is 23.1 Å². The number of nitrogens with zero attached hydrogens (tertiary/aromatic N) is 2. The number of aryl methyl sites for hydroxylation is 3. The Morgan fingerprint density at radius 3 is 2.34 bits per heavy atom. The molecule has 0 radical (unpaired) electrons. The Morgan fingerprint density at radius 1 is 1.00 bits per heavy atom. The number of primary amides is 1. The number of nitrogens with two attached hydrogens (primary N) is 1. The van der Waals surface area contributed by atoms with Crippen LogP contribution in [0.5, 0.6) is 0 Å². The van der Waals surface area contributed by atoms with E-state index in [0.29, 0.717) is 17.7 Å². The lowest BCUT2D eigenvalue weighted by atomic mass is 10.0. The van der Waals surface area contributed by atoms with Crippen LogP contribution in [0.3, 0.4) is 0 Å². The van der Waals surface area contributed by atoms with E-state index in [1.54, 1.807) is 13.1 Å². The highest BCUT2D eigenvalue weighted by Crippen LogP contribution is 2.33. The minimum atomic E-state index is -0.916. The van der Waals surface area contributed by atoms with Gasteiger partial charge in [-0.1, -0.05) is 24.3 Å². The van der Waals surface area contributed by atoms with Crippen LogP contribution in [-0.4, -0.2) is 21.1 Å². The van der Waals surface area contributed by atoms with Crippen LogP contribution in [0.25, 0.3) is 33.3 Å². The maximum Gasteiger partial charge on any atom is 0.290 e. The Kier molecular flexibility index (Phi) is 6.20. The Hall–Kier alpha value is -4.92. The van der Waals surface area contributed by atoms with E-state index in [9.17, 15) is 18.8 Å². The van der Waals surface area contributed by atoms with Gasteiger partial charge >= 0.3 is 0 Å². The van der Waals surface area contributed by atoms with Gasteiger partial charge in [-0.3, -0.25) is 14.4 Å². The summed E-state index contributed by atoms with van der Waals surface area (Å²) in [5.41, 5.74) is 10.1. The van der Waals surface area contributed by atoms with Crippen LogP contribution in [0.15, 0.2) is 76.2 Å². The van der Waals surface area contributed by atoms with Crippen molar-refractivity contribution in [3.8, 4) is 22.4 Å². The topological polar surface area (TPSA) is 112 Å². The second-order valence-electron chi connectivity index (χ2n) is 9.05. The van der Waals surface area contributed by atoms with Crippen LogP contribution in [0.1, 0.15) is 33.2 Å². The Balaban J connectivity index is 1.56. The maximum atomic E-state index is 13.9. The van der Waals surface area contributed by atoms with Crippen LogP contribution < -0.4 is 16.6 Å². The normalized spacial score (nSPS) is 11.2. The van der Waals surface area contributed by atoms with E-state index in [1.807, 2.05) is 50.2 Å². The number of carbonyl (C=O) groups is 2. The molecule has 2 amide bonds. The summed E-state index contributed by atoms with van der Waals surface area (Å²) in [4.78, 5) is 37.2. The highest BCUT2D eigenvalue weighted by Gasteiger charge is 2.19. The van der Waals surface area contributed by atoms with Gasteiger partial charge in [0.2, 0.25) is 0 Å². The summed E-state index contributed by atoms with van der Waals surface area (Å²) in [6.45, 7) is 4.49. The van der Waals surface area contributed by atoms with Crippen LogP contribution in [-0.2, 0) is 13.6 Å². The highest BCUT2D eigenvalue weighted by molar-refractivity contribution is 6.13. The lowest BCUT2D eigenvalue weighted by Crippen LogP contribution is -2.17. The zero-order valence-corrected chi connectivity index (χ0v) is 21.0. The zero-order chi connectivity index (χ0) is 27.1. The molecule has 0 saturated carbocycles. The summed E-state index contributed by atoms with van der Waals surface area (Å²) >= 11 is 0. The fourth-order valence-corrected chi connectivity index (χ4v) is 4.71. The third-order valence-corrected chi connectivity index (χ3v) is 6.52. The second kappa shape index (κ2) is 9.51. The molecule has 0 aliphatic heterocycles. The molecule has 5 rings (SSSR count). The van der Waals surface area contributed by atoms with Gasteiger partial charge in [-0.15, -0.1) is 0 Å². The molecule has 2 aromatic heterocycles. The molecule has 9 heteroatoms. The number of rotatable bonds is 6. The van der Waals surface area contributed by atoms with Crippen molar-refractivity contribution in [2.24, 2.45) is 12.8 Å². The monoisotopic (exact) mass is 512 g/mol. The number of hydrogen-bond acceptors (Lipinski definition) is 4. The van der Waals surface area contributed by atoms with Gasteiger partial charge in [0, 0.05) is 30.4 Å². The summed E-state index contributed by atoms with van der Waals surface area (Å²) in [6.07, 6.45) is 1.43. The number of fused-ring (bicyclic) bond motifs is 1. The predicted molar refractivity (Wildman–Crippen MR) is 144 cm³/mol. The number of benzene rings is 3. The molecule has 3 aromatic carbocycles. The fourth-order valence-electron chi connectivity index (χ4n) is 4.71. The average Bonchev–Trinajstić information content (AvgIpc) is 3.43. The van der Waals surface area contributed by atoms with E-state index >= 15 is 0 Å². The Labute approximate surface area is 217 Å². The summed E-state index contributed by atoms with van der Waals surface area (Å²) in [5, 5.41) is 3.65. The first-order chi connectivity index (χ1) is 18.2. The summed E-state index contributed by atoms with van der Waals surface area (Å²) in [5.74, 6) is -2.07. The van der Waals surface area contributed by atoms with Crippen molar-refractivity contribution >= 4 is 28.4 Å². The number of nitrogens with one attached hydrogen (secondary N) is 1. The van der Waals surface area contributed by atoms with Crippen LogP contribution >= 0.6 is 0 Å². The van der Waals surface area contributed by atoms with Crippen LogP contribution in [0.2, 0.25) is 0 Å². The molecule has 0 bridgehead atoms. The molecule has 0 aliphatic carbocycles. The molecule has 0 aliphatic rings. The van der Waals surface area contributed by atoms with Crippen LogP contribution in [0.4, 0.5) is 10.1 Å². The van der Waals surface area contributed by atoms with Gasteiger partial charge in [0.1, 0.15) is 12.1 Å². The minimum Gasteiger partial charge on any atom is -0.384 e. The molecular weight excluding hydrogens is 487 g/mol. The largest absolute Gasteiger partial charge is 0.384 e. The van der Waals surface area contributed by atoms with E-state index in [0.717, 1.165) is 39.4 Å². The summed E-state index contributed by atoms with van der Waals surface area (Å²) in [7, 11) is 1.56. The van der Waals surface area contributed by atoms with E-state index in [2.05, 4.69) is 9.88 Å². The Morgan fingerprint density at radius 2 is 1.71 bits per heavy atom. The van der Waals surface area contributed by atoms with Crippen LogP contribution in [0, 0.1) is 12.7 Å². The summed E-state index contributed by atoms with van der Waals surface area (Å²) < 4.78 is 22.3. The third-order valence-electron chi connectivity index (χ3n) is 6.52. The second-order valence-corrected chi connectivity index (χ2v) is 9.05. The number of anilines is 1. The minimum absolute atomic E-state index is 0.212. The van der Waals surface area contributed by atoms with Crippen molar-refractivity contribution in [2.45, 2.75) is 20.4 Å². The molecule has 0 fully saturated rings. The molecule has 0 spiro atoms. The molecule has 8 nitrogen and oxygen atoms in total. The van der Waals surface area contributed by atoms with Gasteiger partial charge in [-0.05, 0) is 66.9 Å². The number of amides is 2. The number of carbonyl (C=O) groups excluding carboxylic acids is 2. The molecule has 2 heterocycles. The van der Waals surface area contributed by atoms with Gasteiger partial charge in [-0.2, -0.15) is 4.74 Å². The van der Waals surface area contributed by atoms with E-state index < -0.39 is 17.6 Å². The number of aromatic nitrogens is 2. The van der Waals surface area contributed by atoms with Crippen molar-refractivity contribution in [3.05, 3.63) is 99.8 Å². The zero-order valence-electron chi connectivity index (χ0n) is 21.0. The Bertz CT molecular complexity index is 1780. The maximum absolute atomic E-state index is 13.9. The van der Waals surface area contributed by atoms with Gasteiger partial charge in [-0.25, -0.2) is 4.39 Å². The molecule has 0 saturated heterocycles. The number of hydrogen-bond donors (Lipinski definition) is 2. The SMILES string of the molecule is CCn1c(-c2ccc(-c3con(C)c3=O)cc2)cc2cc(C)cc(C(=O)Nc3ccc(F)c(C(N)=O)c3)c21. The smallest absolute Gasteiger partial charge is 0.290 e. The first kappa shape index (κ1) is 24.8. The molecule has 38 heavy (non-hydrogen) atoms. The molecule has 3 N–H and O–H groups in total. The van der Waals surface area contributed by atoms with E-state index in [4.69, 9.17) is 10.3 Å². The first-order valence-electron chi connectivity index (χ1n) is 12.0. The quantitative estimate of drug-likeness (QED) is 0.330. The van der Waals surface area contributed by atoms with Gasteiger partial charge in [0.25, 0.3) is 17.4 Å². The fraction of sp³-hybridized carbons (Fsp3) is 0.138. The van der Waals surface area contributed by atoms with Crippen molar-refractivity contribution in [2.75, 3.05) is 5.32 Å². The highest BCUT2D eigenvalue weighted by atomic mass is 19.1. The van der Waals surface area contributed by atoms with Crippen molar-refractivity contribution < 1.29 is 18.5 Å². The molecule has 5 aromatic rings. The molecule has 192 valence electrons. The number of halogens is 1. The standard InChI is InChI=1S/C29H25FN4O4/c1-4-34-25(18-7-5-17(6-8-18)23-15-38-33(3)29(23)37)13-19-11-16(2)12-22(26(19)34)28(36)32-20-9-10-24(30)21(14-20)27(31)35/h5-15H,4H2,1-3H3,(H2,31,35)(H,32,36). The van der Waals surface area contributed by atoms with E-state index in [-0.39, 0.29) is 16.8 Å². The molecule has 0 atom stereocenters. The van der Waals surface area contributed by atoms with Gasteiger partial charge in [0.05, 0.1) is 22.2 Å². The predicted octanol–water partition coefficient (Wildman–Crippen LogP) is 5.09. The van der Waals surface area contributed by atoms with Crippen molar-refractivity contribution in [1.82, 2.24) is 9.31 Å². The lowest BCUT2D eigenvalue weighted by molar-refractivity contribution is 0.0992. The van der Waals surface area contributed by atoms with Crippen molar-refractivity contribution in [3.63, 3.8) is 0 Å². The van der Waals surface area contributed by atoms with Gasteiger partial charge < -0.3 is 20.1 Å². The third kappa shape index (κ3) is 4.28. The summed E-state index contributed by atoms with van der Waals surface area (Å²) in [6, 6.07) is 17.1. The van der Waals surface area contributed by atoms with Crippen molar-refractivity contribution in [1.29, 1.82) is 0 Å². The lowest BCUT2D eigenvalue weighted by Gasteiger charge is -2.13. The molecule has 0 unspecified atom stereocenters. The average molecular weight is 513 g/mol.